The second-order valence-corrected chi connectivity index (χ2v) is 7.59. The highest BCUT2D eigenvalue weighted by atomic mass is 19.4. The van der Waals surface area contributed by atoms with Crippen molar-refractivity contribution in [3.05, 3.63) is 24.0 Å². The number of β-amino-alcohol motifs (C(OH)–C–C–N with tert-alkyl or cyclic N) is 1. The van der Waals surface area contributed by atoms with Crippen LogP contribution in [0, 0.1) is 11.8 Å². The summed E-state index contributed by atoms with van der Waals surface area (Å²) >= 11 is 0. The van der Waals surface area contributed by atoms with E-state index in [0.717, 1.165) is 0 Å². The topological polar surface area (TPSA) is 100.0 Å². The predicted octanol–water partition coefficient (Wildman–Crippen LogP) is 2.49. The van der Waals surface area contributed by atoms with E-state index < -0.39 is 36.1 Å². The van der Waals surface area contributed by atoms with Gasteiger partial charge in [0, 0.05) is 18.7 Å². The molecule has 1 aliphatic heterocycles. The van der Waals surface area contributed by atoms with E-state index in [2.05, 4.69) is 4.98 Å². The first-order valence-electron chi connectivity index (χ1n) is 9.53. The molecule has 0 aromatic carbocycles. The first-order valence-corrected chi connectivity index (χ1v) is 9.53. The average molecular weight is 416 g/mol. The van der Waals surface area contributed by atoms with Crippen molar-refractivity contribution in [3.8, 4) is 5.75 Å². The minimum atomic E-state index is -4.24. The predicted molar refractivity (Wildman–Crippen MR) is 94.3 cm³/mol. The molecule has 10 heteroatoms. The Hall–Kier alpha value is -2.36. The SMILES string of the molecule is O=C(O)c1ncccc1OC[C@H]1C[C@H](O)CN1C(=O)C1CCC(C(F)(F)F)CC1. The third-order valence-electron chi connectivity index (χ3n) is 5.62. The van der Waals surface area contributed by atoms with E-state index in [0.29, 0.717) is 0 Å². The summed E-state index contributed by atoms with van der Waals surface area (Å²) in [5.74, 6) is -3.34. The summed E-state index contributed by atoms with van der Waals surface area (Å²) < 4.78 is 44.1. The van der Waals surface area contributed by atoms with Gasteiger partial charge in [0.1, 0.15) is 6.61 Å². The van der Waals surface area contributed by atoms with Gasteiger partial charge in [-0.05, 0) is 44.2 Å². The number of carboxylic acid groups (broad SMARTS) is 1. The van der Waals surface area contributed by atoms with Crippen molar-refractivity contribution in [2.75, 3.05) is 13.2 Å². The number of carbonyl (C=O) groups excluding carboxylic acids is 1. The summed E-state index contributed by atoms with van der Waals surface area (Å²) in [4.78, 5) is 29.3. The van der Waals surface area contributed by atoms with Crippen molar-refractivity contribution in [2.24, 2.45) is 11.8 Å². The number of hydrogen-bond acceptors (Lipinski definition) is 5. The maximum Gasteiger partial charge on any atom is 0.391 e. The lowest BCUT2D eigenvalue weighted by atomic mass is 9.81. The number of carbonyl (C=O) groups is 2. The van der Waals surface area contributed by atoms with E-state index in [-0.39, 0.29) is 62.6 Å². The molecule has 2 aliphatic rings. The highest BCUT2D eigenvalue weighted by Crippen LogP contribution is 2.40. The molecule has 2 fully saturated rings. The van der Waals surface area contributed by atoms with Crippen LogP contribution >= 0.6 is 0 Å². The van der Waals surface area contributed by atoms with Crippen LogP contribution in [0.3, 0.4) is 0 Å². The van der Waals surface area contributed by atoms with Crippen LogP contribution in [0.1, 0.15) is 42.6 Å². The normalized spacial score (nSPS) is 27.7. The first kappa shape index (κ1) is 21.4. The van der Waals surface area contributed by atoms with Crippen LogP contribution in [0.4, 0.5) is 13.2 Å². The van der Waals surface area contributed by atoms with E-state index in [4.69, 9.17) is 9.84 Å². The number of halogens is 3. The summed E-state index contributed by atoms with van der Waals surface area (Å²) in [5, 5.41) is 19.2. The van der Waals surface area contributed by atoms with Crippen LogP contribution in [0.25, 0.3) is 0 Å². The number of amides is 1. The summed E-state index contributed by atoms with van der Waals surface area (Å²) in [6, 6.07) is 2.49. The van der Waals surface area contributed by atoms with Crippen molar-refractivity contribution in [3.63, 3.8) is 0 Å². The molecule has 1 aromatic rings. The summed E-state index contributed by atoms with van der Waals surface area (Å²) in [6.07, 6.45) is -3.24. The van der Waals surface area contributed by atoms with Gasteiger partial charge in [0.05, 0.1) is 18.1 Å². The van der Waals surface area contributed by atoms with Gasteiger partial charge in [0.2, 0.25) is 5.91 Å². The zero-order valence-corrected chi connectivity index (χ0v) is 15.6. The molecule has 0 spiro atoms. The number of ether oxygens (including phenoxy) is 1. The molecule has 160 valence electrons. The Morgan fingerprint density at radius 2 is 1.93 bits per heavy atom. The number of rotatable bonds is 5. The Balaban J connectivity index is 1.62. The standard InChI is InChI=1S/C19H23F3N2O5/c20-19(21,22)12-5-3-11(4-6-12)17(26)24-9-14(25)8-13(24)10-29-15-2-1-7-23-16(15)18(27)28/h1-2,7,11-14,25H,3-6,8-10H2,(H,27,28)/t11?,12?,13-,14+/m1/s1. The molecular weight excluding hydrogens is 393 g/mol. The Morgan fingerprint density at radius 3 is 2.55 bits per heavy atom. The van der Waals surface area contributed by atoms with Crippen LogP contribution in [0.5, 0.6) is 5.75 Å². The van der Waals surface area contributed by atoms with Gasteiger partial charge < -0.3 is 19.8 Å². The van der Waals surface area contributed by atoms with E-state index in [9.17, 15) is 27.9 Å². The maximum absolute atomic E-state index is 12.9. The van der Waals surface area contributed by atoms with Gasteiger partial charge in [-0.25, -0.2) is 9.78 Å². The molecule has 2 N–H and O–H groups in total. The molecule has 0 unspecified atom stereocenters. The molecule has 1 aromatic heterocycles. The lowest BCUT2D eigenvalue weighted by Crippen LogP contribution is -2.44. The summed E-state index contributed by atoms with van der Waals surface area (Å²) in [5.41, 5.74) is -0.255. The Bertz CT molecular complexity index is 750. The molecule has 7 nitrogen and oxygen atoms in total. The minimum absolute atomic E-state index is 0.0351. The quantitative estimate of drug-likeness (QED) is 0.765. The summed E-state index contributed by atoms with van der Waals surface area (Å²) in [7, 11) is 0. The van der Waals surface area contributed by atoms with Crippen molar-refractivity contribution in [2.45, 2.75) is 50.4 Å². The number of likely N-dealkylation sites (tertiary alicyclic amines) is 1. The Labute approximate surface area is 165 Å². The number of aromatic nitrogens is 1. The minimum Gasteiger partial charge on any atom is -0.489 e. The number of aliphatic hydroxyl groups is 1. The first-order chi connectivity index (χ1) is 13.7. The third kappa shape index (κ3) is 4.98. The maximum atomic E-state index is 12.9. The van der Waals surface area contributed by atoms with Gasteiger partial charge in [-0.15, -0.1) is 0 Å². The molecule has 1 saturated carbocycles. The second-order valence-electron chi connectivity index (χ2n) is 7.59. The van der Waals surface area contributed by atoms with Crippen LogP contribution in [0.15, 0.2) is 18.3 Å². The fourth-order valence-electron chi connectivity index (χ4n) is 4.08. The van der Waals surface area contributed by atoms with E-state index in [1.807, 2.05) is 0 Å². The molecule has 2 atom stereocenters. The fraction of sp³-hybridized carbons (Fsp3) is 0.632. The lowest BCUT2D eigenvalue weighted by molar-refractivity contribution is -0.185. The number of alkyl halides is 3. The van der Waals surface area contributed by atoms with E-state index in [1.54, 1.807) is 0 Å². The van der Waals surface area contributed by atoms with Crippen molar-refractivity contribution in [1.29, 1.82) is 0 Å². The van der Waals surface area contributed by atoms with Gasteiger partial charge >= 0.3 is 12.1 Å². The van der Waals surface area contributed by atoms with Crippen LogP contribution in [-0.4, -0.2) is 63.4 Å². The molecule has 1 amide bonds. The molecule has 29 heavy (non-hydrogen) atoms. The van der Waals surface area contributed by atoms with E-state index >= 15 is 0 Å². The van der Waals surface area contributed by atoms with Crippen molar-refractivity contribution < 1.29 is 37.7 Å². The zero-order valence-electron chi connectivity index (χ0n) is 15.6. The Kier molecular flexibility index (Phi) is 6.30. The molecule has 1 saturated heterocycles. The number of nitrogens with zero attached hydrogens (tertiary/aromatic N) is 2. The average Bonchev–Trinajstić information content (AvgIpc) is 3.06. The second kappa shape index (κ2) is 8.56. The number of aliphatic hydroxyl groups excluding tert-OH is 1. The largest absolute Gasteiger partial charge is 0.489 e. The lowest BCUT2D eigenvalue weighted by Gasteiger charge is -2.33. The Morgan fingerprint density at radius 1 is 1.24 bits per heavy atom. The highest BCUT2D eigenvalue weighted by Gasteiger charge is 2.44. The molecular formula is C19H23F3N2O5. The third-order valence-corrected chi connectivity index (χ3v) is 5.62. The van der Waals surface area contributed by atoms with Crippen molar-refractivity contribution >= 4 is 11.9 Å². The monoisotopic (exact) mass is 416 g/mol. The molecule has 3 rings (SSSR count). The number of aromatic carboxylic acids is 1. The van der Waals surface area contributed by atoms with Gasteiger partial charge in [0.25, 0.3) is 0 Å². The molecule has 0 bridgehead atoms. The van der Waals surface area contributed by atoms with Crippen molar-refractivity contribution in [1.82, 2.24) is 9.88 Å². The van der Waals surface area contributed by atoms with Gasteiger partial charge in [-0.3, -0.25) is 4.79 Å². The van der Waals surface area contributed by atoms with E-state index in [1.165, 1.54) is 23.2 Å². The van der Waals surface area contributed by atoms with Gasteiger partial charge in [-0.2, -0.15) is 13.2 Å². The molecule has 0 radical (unpaired) electrons. The summed E-state index contributed by atoms with van der Waals surface area (Å²) in [6.45, 7) is 0.0531. The van der Waals surface area contributed by atoms with Crippen LogP contribution in [0.2, 0.25) is 0 Å². The fourth-order valence-corrected chi connectivity index (χ4v) is 4.08. The van der Waals surface area contributed by atoms with Crippen LogP contribution < -0.4 is 4.74 Å². The number of carboxylic acids is 1. The molecule has 2 heterocycles. The van der Waals surface area contributed by atoms with Crippen LogP contribution in [-0.2, 0) is 4.79 Å². The van der Waals surface area contributed by atoms with Gasteiger partial charge in [0.15, 0.2) is 11.4 Å². The highest BCUT2D eigenvalue weighted by molar-refractivity contribution is 5.88. The molecule has 1 aliphatic carbocycles. The number of hydrogen-bond donors (Lipinski definition) is 2. The zero-order chi connectivity index (χ0) is 21.2. The van der Waals surface area contributed by atoms with Gasteiger partial charge in [-0.1, -0.05) is 0 Å². The number of pyridine rings is 1. The smallest absolute Gasteiger partial charge is 0.391 e.